The predicted molar refractivity (Wildman–Crippen MR) is 100 cm³/mol. The van der Waals surface area contributed by atoms with Crippen LogP contribution in [0.15, 0.2) is 36.4 Å². The van der Waals surface area contributed by atoms with Gasteiger partial charge in [-0.15, -0.1) is 0 Å². The number of benzene rings is 2. The maximum Gasteiger partial charge on any atom is 0.164 e. The highest BCUT2D eigenvalue weighted by Gasteiger charge is 2.17. The van der Waals surface area contributed by atoms with E-state index < -0.39 is 0 Å². The van der Waals surface area contributed by atoms with E-state index in [0.717, 1.165) is 12.0 Å². The van der Waals surface area contributed by atoms with E-state index in [9.17, 15) is 0 Å². The quantitative estimate of drug-likeness (QED) is 0.406. The van der Waals surface area contributed by atoms with E-state index in [4.69, 9.17) is 25.8 Å². The Morgan fingerprint density at radius 1 is 0.920 bits per heavy atom. The molecule has 0 atom stereocenters. The molecular weight excluding hydrogens is 318 g/mol. The summed E-state index contributed by atoms with van der Waals surface area (Å²) in [6.07, 6.45) is 0.967. The molecule has 0 fully saturated rings. The number of hydrogen-bond donors (Lipinski definition) is 3. The number of methoxy groups -OCH3 is 3. The molecule has 0 bridgehead atoms. The zero-order valence-electron chi connectivity index (χ0n) is 15.1. The molecule has 5 N–H and O–H groups in total. The molecule has 2 rings (SSSR count). The highest BCUT2D eigenvalue weighted by molar-refractivity contribution is 5.90. The Morgan fingerprint density at radius 2 is 1.48 bits per heavy atom. The van der Waals surface area contributed by atoms with Crippen molar-refractivity contribution in [3.8, 4) is 17.2 Å². The first-order valence-electron chi connectivity index (χ1n) is 7.95. The largest absolute Gasteiger partial charge is 0.496 e. The Hall–Kier alpha value is -2.86. The van der Waals surface area contributed by atoms with E-state index in [0.29, 0.717) is 34.2 Å². The van der Waals surface area contributed by atoms with Crippen molar-refractivity contribution < 1.29 is 14.2 Å². The second kappa shape index (κ2) is 8.30. The van der Waals surface area contributed by atoms with E-state index in [1.807, 2.05) is 24.3 Å². The third kappa shape index (κ3) is 3.80. The van der Waals surface area contributed by atoms with Gasteiger partial charge in [-0.3, -0.25) is 5.84 Å². The van der Waals surface area contributed by atoms with Crippen molar-refractivity contribution in [1.29, 1.82) is 0 Å². The Labute approximate surface area is 148 Å². The van der Waals surface area contributed by atoms with Crippen molar-refractivity contribution in [3.05, 3.63) is 53.1 Å². The summed E-state index contributed by atoms with van der Waals surface area (Å²) in [5, 5.41) is 0. The van der Waals surface area contributed by atoms with Crippen molar-refractivity contribution in [2.24, 2.45) is 11.6 Å². The summed E-state index contributed by atoms with van der Waals surface area (Å²) in [5.74, 6) is 7.43. The van der Waals surface area contributed by atoms with E-state index in [-0.39, 0.29) is 0 Å². The van der Waals surface area contributed by atoms with Gasteiger partial charge in [0.25, 0.3) is 0 Å². The number of rotatable bonds is 7. The fraction of sp³-hybridized carbons (Fsp3) is 0.263. The summed E-state index contributed by atoms with van der Waals surface area (Å²) in [5.41, 5.74) is 12.9. The van der Waals surface area contributed by atoms with Crippen LogP contribution in [0.4, 0.5) is 0 Å². The van der Waals surface area contributed by atoms with Crippen LogP contribution in [-0.4, -0.2) is 21.3 Å². The monoisotopic (exact) mass is 343 g/mol. The molecule has 0 saturated heterocycles. The highest BCUT2D eigenvalue weighted by atomic mass is 16.5. The first-order chi connectivity index (χ1) is 12.1. The third-order valence-electron chi connectivity index (χ3n) is 4.06. The molecule has 0 saturated carbocycles. The molecule has 0 aliphatic carbocycles. The van der Waals surface area contributed by atoms with Crippen molar-refractivity contribution in [3.63, 3.8) is 0 Å². The topological polar surface area (TPSA) is 91.8 Å². The van der Waals surface area contributed by atoms with Gasteiger partial charge in [0.1, 0.15) is 5.75 Å². The number of ether oxygens (including phenoxy) is 3. The summed E-state index contributed by atoms with van der Waals surface area (Å²) < 4.78 is 16.1. The summed E-state index contributed by atoms with van der Waals surface area (Å²) in [6.45, 7) is 2.11. The Morgan fingerprint density at radius 3 is 1.96 bits per heavy atom. The zero-order chi connectivity index (χ0) is 18.4. The SMILES string of the molecule is CCc1ccc(/C(NN)=C(/N)c2cc(OC)c(OC)cc2OC)cc1. The Balaban J connectivity index is 2.61. The summed E-state index contributed by atoms with van der Waals surface area (Å²) in [6, 6.07) is 11.6. The second-order valence-electron chi connectivity index (χ2n) is 5.39. The van der Waals surface area contributed by atoms with Crippen molar-refractivity contribution in [2.45, 2.75) is 13.3 Å². The lowest BCUT2D eigenvalue weighted by molar-refractivity contribution is 0.348. The van der Waals surface area contributed by atoms with Crippen LogP contribution in [0.1, 0.15) is 23.6 Å². The number of nitrogens with one attached hydrogen (secondary N) is 1. The minimum absolute atomic E-state index is 0.449. The molecule has 0 aliphatic heterocycles. The van der Waals surface area contributed by atoms with Gasteiger partial charge >= 0.3 is 0 Å². The molecule has 134 valence electrons. The number of aryl methyl sites for hydroxylation is 1. The summed E-state index contributed by atoms with van der Waals surface area (Å²) in [7, 11) is 4.71. The van der Waals surface area contributed by atoms with Gasteiger partial charge in [-0.2, -0.15) is 0 Å². The first-order valence-corrected chi connectivity index (χ1v) is 7.95. The molecule has 2 aromatic rings. The fourth-order valence-corrected chi connectivity index (χ4v) is 2.60. The maximum atomic E-state index is 6.40. The summed E-state index contributed by atoms with van der Waals surface area (Å²) in [4.78, 5) is 0. The molecule has 0 spiro atoms. The molecule has 0 aliphatic rings. The molecule has 6 heteroatoms. The van der Waals surface area contributed by atoms with Crippen LogP contribution in [0.25, 0.3) is 11.4 Å². The van der Waals surface area contributed by atoms with Crippen molar-refractivity contribution >= 4 is 11.4 Å². The van der Waals surface area contributed by atoms with Gasteiger partial charge in [0.2, 0.25) is 0 Å². The fourth-order valence-electron chi connectivity index (χ4n) is 2.60. The standard InChI is InChI=1S/C19H25N3O3/c1-5-12-6-8-13(9-7-12)19(22-21)18(20)14-10-16(24-3)17(25-4)11-15(14)23-2/h6-11,22H,5,20-21H2,1-4H3/b19-18-. The molecule has 0 aromatic heterocycles. The molecule has 0 amide bonds. The van der Waals surface area contributed by atoms with E-state index in [2.05, 4.69) is 12.3 Å². The number of hydrazine groups is 1. The number of hydrogen-bond acceptors (Lipinski definition) is 6. The smallest absolute Gasteiger partial charge is 0.164 e. The molecule has 6 nitrogen and oxygen atoms in total. The van der Waals surface area contributed by atoms with E-state index >= 15 is 0 Å². The molecule has 2 aromatic carbocycles. The van der Waals surface area contributed by atoms with Crippen LogP contribution in [0.3, 0.4) is 0 Å². The molecule has 0 radical (unpaired) electrons. The minimum atomic E-state index is 0.449. The maximum absolute atomic E-state index is 6.40. The minimum Gasteiger partial charge on any atom is -0.496 e. The van der Waals surface area contributed by atoms with Gasteiger partial charge in [-0.25, -0.2) is 0 Å². The predicted octanol–water partition coefficient (Wildman–Crippen LogP) is 2.52. The molecule has 25 heavy (non-hydrogen) atoms. The molecular formula is C19H25N3O3. The molecule has 0 unspecified atom stereocenters. The summed E-state index contributed by atoms with van der Waals surface area (Å²) >= 11 is 0. The van der Waals surface area contributed by atoms with Crippen molar-refractivity contribution in [1.82, 2.24) is 5.43 Å². The lowest BCUT2D eigenvalue weighted by Crippen LogP contribution is -2.23. The highest BCUT2D eigenvalue weighted by Crippen LogP contribution is 2.38. The normalized spacial score (nSPS) is 11.6. The average Bonchev–Trinajstić information content (AvgIpc) is 2.67. The lowest BCUT2D eigenvalue weighted by atomic mass is 10.0. The second-order valence-corrected chi connectivity index (χ2v) is 5.39. The van der Waals surface area contributed by atoms with Crippen LogP contribution in [0, 0.1) is 0 Å². The lowest BCUT2D eigenvalue weighted by Gasteiger charge is -2.17. The van der Waals surface area contributed by atoms with Crippen LogP contribution in [0.5, 0.6) is 17.2 Å². The van der Waals surface area contributed by atoms with E-state index in [1.165, 1.54) is 5.56 Å². The van der Waals surface area contributed by atoms with Crippen LogP contribution in [0.2, 0.25) is 0 Å². The number of nitrogens with two attached hydrogens (primary N) is 2. The third-order valence-corrected chi connectivity index (χ3v) is 4.06. The van der Waals surface area contributed by atoms with Gasteiger partial charge in [-0.1, -0.05) is 31.2 Å². The van der Waals surface area contributed by atoms with Gasteiger partial charge in [-0.05, 0) is 18.1 Å². The van der Waals surface area contributed by atoms with Gasteiger partial charge < -0.3 is 25.4 Å². The van der Waals surface area contributed by atoms with Crippen LogP contribution >= 0.6 is 0 Å². The molecule has 0 heterocycles. The van der Waals surface area contributed by atoms with Gasteiger partial charge in [0, 0.05) is 17.2 Å². The van der Waals surface area contributed by atoms with Crippen LogP contribution < -0.4 is 31.2 Å². The zero-order valence-corrected chi connectivity index (χ0v) is 15.1. The van der Waals surface area contributed by atoms with Gasteiger partial charge in [0.15, 0.2) is 11.5 Å². The van der Waals surface area contributed by atoms with Crippen LogP contribution in [-0.2, 0) is 6.42 Å². The first kappa shape index (κ1) is 18.5. The average molecular weight is 343 g/mol. The Kier molecular flexibility index (Phi) is 6.14. The van der Waals surface area contributed by atoms with E-state index in [1.54, 1.807) is 33.5 Å². The van der Waals surface area contributed by atoms with Gasteiger partial charge in [0.05, 0.1) is 32.7 Å². The Bertz CT molecular complexity index is 755. The van der Waals surface area contributed by atoms with Crippen molar-refractivity contribution in [2.75, 3.05) is 21.3 Å².